The number of carbonyl (C=O) groups excluding carboxylic acids is 2. The number of esters is 2. The van der Waals surface area contributed by atoms with Gasteiger partial charge in [-0.25, -0.2) is 9.59 Å². The van der Waals surface area contributed by atoms with Crippen LogP contribution in [0.2, 0.25) is 0 Å². The fourth-order valence-electron chi connectivity index (χ4n) is 3.69. The predicted molar refractivity (Wildman–Crippen MR) is 69.4 cm³/mol. The zero-order chi connectivity index (χ0) is 14.7. The van der Waals surface area contributed by atoms with Crippen molar-refractivity contribution >= 4 is 11.9 Å². The van der Waals surface area contributed by atoms with Gasteiger partial charge in [-0.1, -0.05) is 19.2 Å². The van der Waals surface area contributed by atoms with Crippen molar-refractivity contribution in [1.82, 2.24) is 0 Å². The highest BCUT2D eigenvalue weighted by Gasteiger charge is 2.61. The summed E-state index contributed by atoms with van der Waals surface area (Å²) in [6.07, 6.45) is 0.600. The maximum absolute atomic E-state index is 11.8. The zero-order valence-electron chi connectivity index (χ0n) is 11.0. The van der Waals surface area contributed by atoms with Gasteiger partial charge >= 0.3 is 11.9 Å². The van der Waals surface area contributed by atoms with Gasteiger partial charge < -0.3 is 14.6 Å². The minimum Gasteiger partial charge on any atom is -0.461 e. The van der Waals surface area contributed by atoms with Gasteiger partial charge in [0.05, 0.1) is 12.0 Å². The summed E-state index contributed by atoms with van der Waals surface area (Å²) in [6, 6.07) is 0. The lowest BCUT2D eigenvalue weighted by atomic mass is 9.57. The average molecular weight is 276 g/mol. The van der Waals surface area contributed by atoms with Crippen LogP contribution in [0.3, 0.4) is 0 Å². The summed E-state index contributed by atoms with van der Waals surface area (Å²) in [5.41, 5.74) is -0.122. The van der Waals surface area contributed by atoms with E-state index in [1.165, 1.54) is 0 Å². The van der Waals surface area contributed by atoms with E-state index in [9.17, 15) is 14.7 Å². The number of aliphatic hydroxyl groups is 1. The summed E-state index contributed by atoms with van der Waals surface area (Å²) in [5, 5.41) is 10.3. The average Bonchev–Trinajstić information content (AvgIpc) is 2.70. The van der Waals surface area contributed by atoms with Crippen molar-refractivity contribution < 1.29 is 24.2 Å². The van der Waals surface area contributed by atoms with Crippen molar-refractivity contribution in [2.24, 2.45) is 17.3 Å². The molecule has 0 radical (unpaired) electrons. The van der Waals surface area contributed by atoms with Gasteiger partial charge in [-0.05, 0) is 6.42 Å². The van der Waals surface area contributed by atoms with Crippen molar-refractivity contribution in [3.63, 3.8) is 0 Å². The number of cyclic esters (lactones) is 1. The van der Waals surface area contributed by atoms with Gasteiger partial charge in [0.25, 0.3) is 0 Å². The Morgan fingerprint density at radius 1 is 1.25 bits per heavy atom. The van der Waals surface area contributed by atoms with E-state index >= 15 is 0 Å². The minimum absolute atomic E-state index is 0.114. The first-order valence-electron chi connectivity index (χ1n) is 6.48. The largest absolute Gasteiger partial charge is 0.461 e. The van der Waals surface area contributed by atoms with E-state index in [2.05, 4.69) is 19.7 Å². The van der Waals surface area contributed by atoms with Crippen molar-refractivity contribution in [3.8, 4) is 0 Å². The molecule has 1 aliphatic carbocycles. The number of hydrogen-bond acceptors (Lipinski definition) is 5. The summed E-state index contributed by atoms with van der Waals surface area (Å²) < 4.78 is 10.5. The lowest BCUT2D eigenvalue weighted by molar-refractivity contribution is -0.168. The maximum Gasteiger partial charge on any atom is 0.334 e. The van der Waals surface area contributed by atoms with E-state index in [0.717, 1.165) is 0 Å². The number of aliphatic hydroxyl groups excluding tert-OH is 1. The van der Waals surface area contributed by atoms with Gasteiger partial charge in [-0.3, -0.25) is 0 Å². The van der Waals surface area contributed by atoms with Crippen LogP contribution in [0.25, 0.3) is 0 Å². The van der Waals surface area contributed by atoms with Crippen LogP contribution in [-0.4, -0.2) is 35.9 Å². The zero-order valence-corrected chi connectivity index (χ0v) is 11.0. The van der Waals surface area contributed by atoms with Gasteiger partial charge in [0.2, 0.25) is 0 Å². The molecule has 3 rings (SSSR count). The van der Waals surface area contributed by atoms with Crippen molar-refractivity contribution in [2.45, 2.75) is 18.6 Å². The second kappa shape index (κ2) is 4.06. The summed E-state index contributed by atoms with van der Waals surface area (Å²) in [6.45, 7) is 11.4. The molecule has 2 heterocycles. The molecule has 5 heteroatoms. The summed E-state index contributed by atoms with van der Waals surface area (Å²) in [4.78, 5) is 23.5. The highest BCUT2D eigenvalue weighted by molar-refractivity contribution is 5.93. The summed E-state index contributed by atoms with van der Waals surface area (Å²) in [7, 11) is 0. The van der Waals surface area contributed by atoms with Gasteiger partial charge in [-0.2, -0.15) is 0 Å². The van der Waals surface area contributed by atoms with Crippen LogP contribution in [0.1, 0.15) is 6.42 Å². The normalized spacial score (nSPS) is 43.5. The monoisotopic (exact) mass is 276 g/mol. The number of fused-ring (bicyclic) bond motifs is 3. The summed E-state index contributed by atoms with van der Waals surface area (Å²) in [5.74, 6) is -1.93. The number of carbonyl (C=O) groups is 2. The molecule has 20 heavy (non-hydrogen) atoms. The molecule has 0 amide bonds. The minimum atomic E-state index is -0.780. The molecule has 0 spiro atoms. The van der Waals surface area contributed by atoms with Gasteiger partial charge in [-0.15, -0.1) is 6.58 Å². The topological polar surface area (TPSA) is 72.8 Å². The van der Waals surface area contributed by atoms with E-state index in [0.29, 0.717) is 6.42 Å². The van der Waals surface area contributed by atoms with Crippen molar-refractivity contribution in [2.75, 3.05) is 6.61 Å². The number of rotatable bonds is 1. The Kier molecular flexibility index (Phi) is 2.66. The van der Waals surface area contributed by atoms with E-state index < -0.39 is 41.4 Å². The third-order valence-corrected chi connectivity index (χ3v) is 4.73. The molecule has 0 aromatic rings. The van der Waals surface area contributed by atoms with Crippen LogP contribution in [-0.2, 0) is 19.1 Å². The number of ether oxygens (including phenoxy) is 2. The molecule has 0 aromatic heterocycles. The fourth-order valence-corrected chi connectivity index (χ4v) is 3.69. The lowest BCUT2D eigenvalue weighted by Gasteiger charge is -2.50. The highest BCUT2D eigenvalue weighted by atomic mass is 16.6. The number of hydrogen-bond donors (Lipinski definition) is 1. The van der Waals surface area contributed by atoms with Gasteiger partial charge in [0.15, 0.2) is 0 Å². The quantitative estimate of drug-likeness (QED) is 0.434. The molecule has 1 N–H and O–H groups in total. The Morgan fingerprint density at radius 3 is 2.60 bits per heavy atom. The Morgan fingerprint density at radius 2 is 1.95 bits per heavy atom. The van der Waals surface area contributed by atoms with Crippen LogP contribution in [0.5, 0.6) is 0 Å². The maximum atomic E-state index is 11.8. The molecule has 3 fully saturated rings. The Labute approximate surface area is 116 Å². The molecule has 5 atom stereocenters. The molecular weight excluding hydrogens is 260 g/mol. The molecule has 0 aromatic carbocycles. The van der Waals surface area contributed by atoms with E-state index in [1.807, 2.05) is 0 Å². The second-order valence-corrected chi connectivity index (χ2v) is 5.71. The van der Waals surface area contributed by atoms with Crippen molar-refractivity contribution in [1.29, 1.82) is 0 Å². The molecule has 2 aliphatic heterocycles. The van der Waals surface area contributed by atoms with Crippen LogP contribution in [0.4, 0.5) is 0 Å². The van der Waals surface area contributed by atoms with E-state index in [1.54, 1.807) is 6.08 Å². The van der Waals surface area contributed by atoms with Crippen LogP contribution in [0, 0.1) is 17.3 Å². The first kappa shape index (κ1) is 13.1. The molecule has 1 saturated carbocycles. The third kappa shape index (κ3) is 1.47. The third-order valence-electron chi connectivity index (χ3n) is 4.73. The smallest absolute Gasteiger partial charge is 0.334 e. The SMILES string of the molecule is C=C[C@]12COC(=O)C(=C)[C@@H]1[C@H]1OC(=O)C(=C)[C@@H]1[C@@H](O)C2. The first-order chi connectivity index (χ1) is 9.41. The standard InChI is InChI=1S/C15H16O5/c1-4-15-5-9(16)10-7(2)14(18)20-12(10)11(15)8(3)13(17)19-6-15/h4,9-12,16H,1-3,5-6H2/t9-,10+,11+,12-,15-/m0/s1. The second-order valence-electron chi connectivity index (χ2n) is 5.71. The van der Waals surface area contributed by atoms with Crippen molar-refractivity contribution in [3.05, 3.63) is 37.0 Å². The predicted octanol–water partition coefficient (Wildman–Crippen LogP) is 0.750. The van der Waals surface area contributed by atoms with Crippen LogP contribution < -0.4 is 0 Å². The highest BCUT2D eigenvalue weighted by Crippen LogP contribution is 2.54. The Hall–Kier alpha value is -1.88. The Bertz CT molecular complexity index is 546. The van der Waals surface area contributed by atoms with E-state index in [4.69, 9.17) is 9.47 Å². The molecule has 5 nitrogen and oxygen atoms in total. The van der Waals surface area contributed by atoms with E-state index in [-0.39, 0.29) is 17.8 Å². The first-order valence-corrected chi connectivity index (χ1v) is 6.48. The molecule has 0 bridgehead atoms. The molecular formula is C15H16O5. The van der Waals surface area contributed by atoms with Gasteiger partial charge in [0, 0.05) is 22.5 Å². The fraction of sp³-hybridized carbons (Fsp3) is 0.467. The van der Waals surface area contributed by atoms with Crippen LogP contribution >= 0.6 is 0 Å². The molecule has 2 saturated heterocycles. The Balaban J connectivity index is 2.09. The van der Waals surface area contributed by atoms with Crippen LogP contribution in [0.15, 0.2) is 37.0 Å². The lowest BCUT2D eigenvalue weighted by Crippen LogP contribution is -2.56. The molecule has 0 unspecified atom stereocenters. The van der Waals surface area contributed by atoms with Gasteiger partial charge in [0.1, 0.15) is 12.7 Å². The summed E-state index contributed by atoms with van der Waals surface area (Å²) >= 11 is 0. The molecule has 106 valence electrons. The molecule has 3 aliphatic rings.